The lowest BCUT2D eigenvalue weighted by Crippen LogP contribution is -2.36. The van der Waals surface area contributed by atoms with E-state index >= 15 is 0 Å². The van der Waals surface area contributed by atoms with E-state index in [0.29, 0.717) is 19.3 Å². The molecule has 0 saturated heterocycles. The van der Waals surface area contributed by atoms with Gasteiger partial charge < -0.3 is 14.2 Å². The fourth-order valence-electron chi connectivity index (χ4n) is 2.38. The third-order valence-corrected chi connectivity index (χ3v) is 7.27. The summed E-state index contributed by atoms with van der Waals surface area (Å²) in [6, 6.07) is 0. The minimum absolute atomic E-state index is 0.0156. The quantitative estimate of drug-likeness (QED) is 0.0486. The monoisotopic (exact) mass is 762 g/mol. The first kappa shape index (κ1) is 45.4. The van der Waals surface area contributed by atoms with Crippen LogP contribution in [0.2, 0.25) is 0 Å². The van der Waals surface area contributed by atoms with Crippen LogP contribution in [0.5, 0.6) is 0 Å². The average Bonchev–Trinajstić information content (AvgIpc) is 2.88. The van der Waals surface area contributed by atoms with Crippen LogP contribution in [0.4, 0.5) is 39.5 Å². The van der Waals surface area contributed by atoms with Gasteiger partial charge in [0.05, 0.1) is 19.8 Å². The van der Waals surface area contributed by atoms with E-state index in [-0.39, 0.29) is 25.2 Å². The molecule has 2 unspecified atom stereocenters. The molecule has 0 heterocycles. The Kier molecular flexibility index (Phi) is 27.4. The minimum atomic E-state index is -4.69. The second-order valence-corrected chi connectivity index (χ2v) is 10.5. The van der Waals surface area contributed by atoms with Crippen LogP contribution >= 0.6 is 31.9 Å². The highest BCUT2D eigenvalue weighted by Crippen LogP contribution is 2.28. The van der Waals surface area contributed by atoms with Crippen molar-refractivity contribution in [3.05, 3.63) is 12.2 Å². The molecule has 0 aromatic heterocycles. The van der Waals surface area contributed by atoms with E-state index in [2.05, 4.69) is 47.9 Å². The number of unbranched alkanes of at least 4 members (excludes halogenated alkanes) is 6. The first-order valence-corrected chi connectivity index (χ1v) is 15.4. The zero-order valence-corrected chi connectivity index (χ0v) is 27.1. The van der Waals surface area contributed by atoms with Crippen molar-refractivity contribution in [2.45, 2.75) is 102 Å². The molecule has 252 valence electrons. The Morgan fingerprint density at radius 2 is 1.14 bits per heavy atom. The Hall–Kier alpha value is -1.03. The van der Waals surface area contributed by atoms with Crippen LogP contribution < -0.4 is 0 Å². The van der Waals surface area contributed by atoms with Gasteiger partial charge in [-0.2, -0.15) is 39.5 Å². The van der Waals surface area contributed by atoms with Crippen LogP contribution in [-0.4, -0.2) is 67.1 Å². The predicted molar refractivity (Wildman–Crippen MR) is 149 cm³/mol. The van der Waals surface area contributed by atoms with Crippen LogP contribution in [-0.2, 0) is 23.8 Å². The summed E-state index contributed by atoms with van der Waals surface area (Å²) in [5.41, 5.74) is -1.45. The Balaban J connectivity index is -0.000000598. The first-order chi connectivity index (χ1) is 19.3. The number of ether oxygens (including phenoxy) is 3. The average molecular weight is 764 g/mol. The molecular formula is C26H41Br2F9O5. The van der Waals surface area contributed by atoms with Gasteiger partial charge in [-0.05, 0) is 19.3 Å². The van der Waals surface area contributed by atoms with Gasteiger partial charge in [0.1, 0.15) is 10.4 Å². The summed E-state index contributed by atoms with van der Waals surface area (Å²) in [5, 5.41) is -0.101. The number of hydrogen-bond donors (Lipinski definition) is 0. The highest BCUT2D eigenvalue weighted by Gasteiger charge is 2.46. The lowest BCUT2D eigenvalue weighted by atomic mass is 10.1. The first-order valence-electron chi connectivity index (χ1n) is 13.3. The highest BCUT2D eigenvalue weighted by molar-refractivity contribution is 9.12. The molecule has 0 aliphatic carbocycles. The van der Waals surface area contributed by atoms with Gasteiger partial charge in [-0.1, -0.05) is 97.7 Å². The summed E-state index contributed by atoms with van der Waals surface area (Å²) < 4.78 is 122. The molecule has 0 rings (SSSR count). The molecule has 0 aromatic rings. The van der Waals surface area contributed by atoms with E-state index in [9.17, 15) is 49.1 Å². The molecule has 0 amide bonds. The van der Waals surface area contributed by atoms with Crippen molar-refractivity contribution in [2.75, 3.05) is 31.8 Å². The SMILES string of the molecule is C=C(C(=O)OCCCCC)C(F)(F)F.CCCCCOCC(C(=O)OCCCCC)C(F)(F)F.FC(F)(F)C(Br)CBr. The number of carbonyl (C=O) groups excluding carboxylic acids is 2. The molecule has 0 saturated carbocycles. The van der Waals surface area contributed by atoms with Gasteiger partial charge in [0.2, 0.25) is 0 Å². The molecule has 0 aliphatic heterocycles. The van der Waals surface area contributed by atoms with Crippen LogP contribution in [0.15, 0.2) is 12.2 Å². The van der Waals surface area contributed by atoms with Crippen molar-refractivity contribution < 1.29 is 63.3 Å². The number of rotatable bonds is 17. The largest absolute Gasteiger partial charge is 0.465 e. The van der Waals surface area contributed by atoms with Crippen molar-refractivity contribution in [3.63, 3.8) is 0 Å². The van der Waals surface area contributed by atoms with E-state index in [1.54, 1.807) is 0 Å². The second-order valence-electron chi connectivity index (χ2n) is 8.73. The van der Waals surface area contributed by atoms with Crippen LogP contribution in [0.25, 0.3) is 0 Å². The van der Waals surface area contributed by atoms with Gasteiger partial charge in [-0.25, -0.2) is 4.79 Å². The molecule has 0 aliphatic rings. The molecule has 0 aromatic carbocycles. The van der Waals surface area contributed by atoms with Gasteiger partial charge >= 0.3 is 30.5 Å². The van der Waals surface area contributed by atoms with Gasteiger partial charge in [0, 0.05) is 11.9 Å². The predicted octanol–water partition coefficient (Wildman–Crippen LogP) is 9.65. The lowest BCUT2D eigenvalue weighted by molar-refractivity contribution is -0.206. The highest BCUT2D eigenvalue weighted by atomic mass is 79.9. The number of halogens is 11. The van der Waals surface area contributed by atoms with Gasteiger partial charge in [0.15, 0.2) is 5.92 Å². The Morgan fingerprint density at radius 3 is 1.48 bits per heavy atom. The van der Waals surface area contributed by atoms with Crippen molar-refractivity contribution in [1.29, 1.82) is 0 Å². The number of esters is 2. The van der Waals surface area contributed by atoms with Gasteiger partial charge in [-0.3, -0.25) is 4.79 Å². The molecule has 0 bridgehead atoms. The Labute approximate surface area is 258 Å². The summed E-state index contributed by atoms with van der Waals surface area (Å²) in [5.74, 6) is -4.79. The topological polar surface area (TPSA) is 61.8 Å². The zero-order valence-electron chi connectivity index (χ0n) is 24.0. The number of carbonyl (C=O) groups is 2. The standard InChI is InChI=1S/C14H25F3O3.C9H13F3O2.C3H3Br2F3/c1-3-5-7-9-19-11-12(14(15,16)17)13(18)20-10-8-6-4-2;1-3-4-5-6-14-8(13)7(2)9(10,11)12;4-1-2(5)3(6,7)8/h12H,3-11H2,1-2H3;2-6H2,1H3;2H,1H2. The molecule has 42 heavy (non-hydrogen) atoms. The second kappa shape index (κ2) is 25.3. The maximum atomic E-state index is 12.7. The van der Waals surface area contributed by atoms with Gasteiger partial charge in [0.25, 0.3) is 0 Å². The van der Waals surface area contributed by atoms with Crippen LogP contribution in [0.3, 0.4) is 0 Å². The van der Waals surface area contributed by atoms with Crippen LogP contribution in [0, 0.1) is 5.92 Å². The lowest BCUT2D eigenvalue weighted by Gasteiger charge is -2.19. The molecule has 0 N–H and O–H groups in total. The molecule has 16 heteroatoms. The fourth-order valence-corrected chi connectivity index (χ4v) is 2.75. The maximum Gasteiger partial charge on any atom is 0.422 e. The summed E-state index contributed by atoms with van der Waals surface area (Å²) in [4.78, 5) is 20.7. The molecule has 0 fully saturated rings. The Morgan fingerprint density at radius 1 is 0.714 bits per heavy atom. The number of alkyl halides is 11. The summed E-state index contributed by atoms with van der Waals surface area (Å²) in [6.07, 6.45) is -6.21. The fraction of sp³-hybridized carbons (Fsp3) is 0.846. The molecule has 0 spiro atoms. The molecular weight excluding hydrogens is 723 g/mol. The normalized spacial score (nSPS) is 13.1. The summed E-state index contributed by atoms with van der Waals surface area (Å²) in [7, 11) is 0. The third-order valence-electron chi connectivity index (χ3n) is 4.91. The van der Waals surface area contributed by atoms with Gasteiger partial charge in [-0.15, -0.1) is 0 Å². The maximum absolute atomic E-state index is 12.7. The summed E-state index contributed by atoms with van der Waals surface area (Å²) in [6.45, 7) is 8.16. The van der Waals surface area contributed by atoms with Crippen molar-refractivity contribution >= 4 is 43.8 Å². The van der Waals surface area contributed by atoms with E-state index < -0.39 is 53.4 Å². The molecule has 2 atom stereocenters. The Bertz CT molecular complexity index is 716. The minimum Gasteiger partial charge on any atom is -0.465 e. The van der Waals surface area contributed by atoms with E-state index in [1.807, 2.05) is 20.8 Å². The molecule has 0 radical (unpaired) electrons. The zero-order chi connectivity index (χ0) is 33.4. The van der Waals surface area contributed by atoms with Crippen molar-refractivity contribution in [2.24, 2.45) is 5.92 Å². The van der Waals surface area contributed by atoms with Crippen molar-refractivity contribution in [3.8, 4) is 0 Å². The van der Waals surface area contributed by atoms with E-state index in [0.717, 1.165) is 38.5 Å². The number of hydrogen-bond acceptors (Lipinski definition) is 5. The van der Waals surface area contributed by atoms with E-state index in [4.69, 9.17) is 4.74 Å². The third kappa shape index (κ3) is 26.6. The van der Waals surface area contributed by atoms with Crippen LogP contribution in [0.1, 0.15) is 78.6 Å². The van der Waals surface area contributed by atoms with E-state index in [1.165, 1.54) is 0 Å². The molecule has 5 nitrogen and oxygen atoms in total. The smallest absolute Gasteiger partial charge is 0.422 e. The van der Waals surface area contributed by atoms with Crippen molar-refractivity contribution in [1.82, 2.24) is 0 Å². The summed E-state index contributed by atoms with van der Waals surface area (Å²) >= 11 is 5.11.